The molecule has 2 N–H and O–H groups in total. The van der Waals surface area contributed by atoms with E-state index in [4.69, 9.17) is 5.11 Å². The number of anilines is 1. The second-order valence-electron chi connectivity index (χ2n) is 4.70. The molecule has 104 valence electrons. The quantitative estimate of drug-likeness (QED) is 0.876. The Hall–Kier alpha value is -1.14. The first kappa shape index (κ1) is 14.3. The van der Waals surface area contributed by atoms with Gasteiger partial charge in [-0.3, -0.25) is 0 Å². The first-order valence-electron chi connectivity index (χ1n) is 6.22. The number of aliphatic hydroxyl groups is 1. The molecule has 1 aliphatic heterocycles. The summed E-state index contributed by atoms with van der Waals surface area (Å²) in [7, 11) is 0. The maximum Gasteiger partial charge on any atom is 0.321 e. The summed E-state index contributed by atoms with van der Waals surface area (Å²) >= 11 is 3.06. The first-order valence-corrected chi connectivity index (χ1v) is 7.01. The summed E-state index contributed by atoms with van der Waals surface area (Å²) < 4.78 is 13.7. The molecule has 2 rings (SSSR count). The largest absolute Gasteiger partial charge is 0.396 e. The number of amides is 2. The smallest absolute Gasteiger partial charge is 0.321 e. The Balaban J connectivity index is 1.98. The maximum atomic E-state index is 13.3. The van der Waals surface area contributed by atoms with Crippen molar-refractivity contribution in [2.24, 2.45) is 5.92 Å². The SMILES string of the molecule is O=C(Nc1ccc(Br)c(F)c1)N1CCCC(CO)C1. The third-order valence-corrected chi connectivity index (χ3v) is 3.88. The third kappa shape index (κ3) is 3.67. The van der Waals surface area contributed by atoms with Crippen LogP contribution in [-0.4, -0.2) is 35.7 Å². The van der Waals surface area contributed by atoms with Crippen molar-refractivity contribution in [3.8, 4) is 0 Å². The summed E-state index contributed by atoms with van der Waals surface area (Å²) in [6, 6.07) is 4.21. The molecule has 1 fully saturated rings. The summed E-state index contributed by atoms with van der Waals surface area (Å²) in [4.78, 5) is 13.7. The van der Waals surface area contributed by atoms with E-state index in [-0.39, 0.29) is 18.6 Å². The Bertz CT molecular complexity index is 470. The van der Waals surface area contributed by atoms with Gasteiger partial charge >= 0.3 is 6.03 Å². The minimum atomic E-state index is -0.412. The molecule has 1 heterocycles. The highest BCUT2D eigenvalue weighted by atomic mass is 79.9. The number of urea groups is 1. The van der Waals surface area contributed by atoms with E-state index in [0.717, 1.165) is 12.8 Å². The first-order chi connectivity index (χ1) is 9.10. The van der Waals surface area contributed by atoms with Crippen molar-refractivity contribution < 1.29 is 14.3 Å². The van der Waals surface area contributed by atoms with Crippen molar-refractivity contribution in [2.45, 2.75) is 12.8 Å². The topological polar surface area (TPSA) is 52.6 Å². The Morgan fingerprint density at radius 3 is 3.05 bits per heavy atom. The molecule has 0 saturated carbocycles. The highest BCUT2D eigenvalue weighted by molar-refractivity contribution is 9.10. The normalized spacial score (nSPS) is 19.3. The monoisotopic (exact) mass is 330 g/mol. The van der Waals surface area contributed by atoms with Crippen molar-refractivity contribution in [3.05, 3.63) is 28.5 Å². The molecule has 6 heteroatoms. The molecule has 0 spiro atoms. The van der Waals surface area contributed by atoms with Gasteiger partial charge in [-0.05, 0) is 52.9 Å². The van der Waals surface area contributed by atoms with Crippen LogP contribution in [-0.2, 0) is 0 Å². The second-order valence-corrected chi connectivity index (χ2v) is 5.55. The van der Waals surface area contributed by atoms with Gasteiger partial charge in [0.2, 0.25) is 0 Å². The summed E-state index contributed by atoms with van der Waals surface area (Å²) in [5.41, 5.74) is 0.428. The zero-order valence-corrected chi connectivity index (χ0v) is 12.0. The van der Waals surface area contributed by atoms with Crippen molar-refractivity contribution in [1.82, 2.24) is 4.90 Å². The van der Waals surface area contributed by atoms with Gasteiger partial charge in [-0.15, -0.1) is 0 Å². The van der Waals surface area contributed by atoms with Crippen molar-refractivity contribution in [3.63, 3.8) is 0 Å². The summed E-state index contributed by atoms with van der Waals surface area (Å²) in [6.07, 6.45) is 1.82. The molecule has 0 aliphatic carbocycles. The van der Waals surface area contributed by atoms with Crippen LogP contribution in [0.1, 0.15) is 12.8 Å². The van der Waals surface area contributed by atoms with Gasteiger partial charge < -0.3 is 15.3 Å². The summed E-state index contributed by atoms with van der Waals surface area (Å²) in [5.74, 6) is -0.272. The molecule has 1 aliphatic rings. The lowest BCUT2D eigenvalue weighted by Gasteiger charge is -2.31. The van der Waals surface area contributed by atoms with Crippen LogP contribution in [0, 0.1) is 11.7 Å². The van der Waals surface area contributed by atoms with Gasteiger partial charge in [-0.25, -0.2) is 9.18 Å². The standard InChI is InChI=1S/C13H16BrFN2O2/c14-11-4-3-10(6-12(11)15)16-13(19)17-5-1-2-9(7-17)8-18/h3-4,6,9,18H,1-2,5,7-8H2,(H,16,19). The molecule has 0 radical (unpaired) electrons. The fourth-order valence-corrected chi connectivity index (χ4v) is 2.42. The van der Waals surface area contributed by atoms with Gasteiger partial charge in [0.05, 0.1) is 4.47 Å². The van der Waals surface area contributed by atoms with Crippen LogP contribution >= 0.6 is 15.9 Å². The average Bonchev–Trinajstić information content (AvgIpc) is 2.43. The molecule has 1 aromatic rings. The predicted octanol–water partition coefficient (Wildman–Crippen LogP) is 2.82. The molecule has 1 unspecified atom stereocenters. The molecular formula is C13H16BrFN2O2. The van der Waals surface area contributed by atoms with Gasteiger partial charge in [0.1, 0.15) is 5.82 Å². The van der Waals surface area contributed by atoms with Crippen LogP contribution < -0.4 is 5.32 Å². The van der Waals surface area contributed by atoms with E-state index in [1.54, 1.807) is 17.0 Å². The van der Waals surface area contributed by atoms with Crippen LogP contribution in [0.5, 0.6) is 0 Å². The van der Waals surface area contributed by atoms with E-state index in [1.807, 2.05) is 0 Å². The second kappa shape index (κ2) is 6.34. The van der Waals surface area contributed by atoms with E-state index >= 15 is 0 Å². The van der Waals surface area contributed by atoms with Crippen LogP contribution in [0.2, 0.25) is 0 Å². The van der Waals surface area contributed by atoms with E-state index in [2.05, 4.69) is 21.2 Å². The number of carbonyl (C=O) groups excluding carboxylic acids is 1. The fraction of sp³-hybridized carbons (Fsp3) is 0.462. The van der Waals surface area contributed by atoms with E-state index in [0.29, 0.717) is 23.2 Å². The zero-order valence-electron chi connectivity index (χ0n) is 10.4. The molecule has 1 saturated heterocycles. The van der Waals surface area contributed by atoms with E-state index < -0.39 is 5.82 Å². The lowest BCUT2D eigenvalue weighted by molar-refractivity contribution is 0.136. The molecule has 1 aromatic carbocycles. The van der Waals surface area contributed by atoms with Gasteiger partial charge in [0, 0.05) is 25.4 Å². The molecule has 0 aromatic heterocycles. The van der Waals surface area contributed by atoms with Crippen molar-refractivity contribution >= 4 is 27.6 Å². The minimum Gasteiger partial charge on any atom is -0.396 e. The number of nitrogens with zero attached hydrogens (tertiary/aromatic N) is 1. The average molecular weight is 331 g/mol. The summed E-state index contributed by atoms with van der Waals surface area (Å²) in [6.45, 7) is 1.30. The number of nitrogens with one attached hydrogen (secondary N) is 1. The van der Waals surface area contributed by atoms with E-state index in [9.17, 15) is 9.18 Å². The van der Waals surface area contributed by atoms with Crippen molar-refractivity contribution in [2.75, 3.05) is 25.0 Å². The van der Waals surface area contributed by atoms with E-state index in [1.165, 1.54) is 6.07 Å². The van der Waals surface area contributed by atoms with Crippen LogP contribution in [0.4, 0.5) is 14.9 Å². The fourth-order valence-electron chi connectivity index (χ4n) is 2.17. The minimum absolute atomic E-state index is 0.0939. The number of piperidine rings is 1. The molecule has 19 heavy (non-hydrogen) atoms. The third-order valence-electron chi connectivity index (χ3n) is 3.24. The van der Waals surface area contributed by atoms with Crippen LogP contribution in [0.15, 0.2) is 22.7 Å². The Kier molecular flexibility index (Phi) is 4.76. The van der Waals surface area contributed by atoms with Gasteiger partial charge in [-0.1, -0.05) is 0 Å². The highest BCUT2D eigenvalue weighted by Crippen LogP contribution is 2.21. The summed E-state index contributed by atoms with van der Waals surface area (Å²) in [5, 5.41) is 11.8. The number of carbonyl (C=O) groups is 1. The van der Waals surface area contributed by atoms with Gasteiger partial charge in [0.25, 0.3) is 0 Å². The number of aliphatic hydroxyl groups excluding tert-OH is 1. The predicted molar refractivity (Wildman–Crippen MR) is 74.5 cm³/mol. The number of hydrogen-bond acceptors (Lipinski definition) is 2. The number of hydrogen-bond donors (Lipinski definition) is 2. The maximum absolute atomic E-state index is 13.3. The van der Waals surface area contributed by atoms with Crippen LogP contribution in [0.25, 0.3) is 0 Å². The lowest BCUT2D eigenvalue weighted by atomic mass is 9.99. The van der Waals surface area contributed by atoms with Crippen LogP contribution in [0.3, 0.4) is 0 Å². The van der Waals surface area contributed by atoms with Crippen molar-refractivity contribution in [1.29, 1.82) is 0 Å². The molecule has 0 bridgehead atoms. The molecule has 1 atom stereocenters. The number of halogens is 2. The molecule has 4 nitrogen and oxygen atoms in total. The highest BCUT2D eigenvalue weighted by Gasteiger charge is 2.23. The molecule has 2 amide bonds. The van der Waals surface area contributed by atoms with Gasteiger partial charge in [0.15, 0.2) is 0 Å². The zero-order chi connectivity index (χ0) is 13.8. The molecular weight excluding hydrogens is 315 g/mol. The van der Waals surface area contributed by atoms with Gasteiger partial charge in [-0.2, -0.15) is 0 Å². The Morgan fingerprint density at radius 2 is 2.37 bits per heavy atom. The number of benzene rings is 1. The number of likely N-dealkylation sites (tertiary alicyclic amines) is 1. The Morgan fingerprint density at radius 1 is 1.58 bits per heavy atom. The number of rotatable bonds is 2. The Labute approximate surface area is 119 Å². The lowest BCUT2D eigenvalue weighted by Crippen LogP contribution is -2.43.